The van der Waals surface area contributed by atoms with Crippen LogP contribution < -0.4 is 5.32 Å². The number of urea groups is 1. The molecule has 1 saturated carbocycles. The molecular weight excluding hydrogens is 278 g/mol. The Balaban J connectivity index is 2.03. The molecule has 1 aliphatic rings. The Morgan fingerprint density at radius 1 is 1.60 bits per heavy atom. The monoisotopic (exact) mass is 293 g/mol. The Bertz CT molecular complexity index is 519. The highest BCUT2D eigenvalue weighted by Gasteiger charge is 2.34. The molecule has 1 unspecified atom stereocenters. The number of nitrogens with zero attached hydrogens (tertiary/aromatic N) is 2. The van der Waals surface area contributed by atoms with Crippen LogP contribution in [0.2, 0.25) is 0 Å². The minimum atomic E-state index is -1.09. The third-order valence-electron chi connectivity index (χ3n) is 3.06. The number of thiophene rings is 1. The summed E-state index contributed by atoms with van der Waals surface area (Å²) in [5, 5.41) is 22.2. The average molecular weight is 293 g/mol. The molecule has 1 aliphatic carbocycles. The van der Waals surface area contributed by atoms with Gasteiger partial charge in [-0.05, 0) is 24.3 Å². The molecule has 0 radical (unpaired) electrons. The van der Waals surface area contributed by atoms with Gasteiger partial charge in [0.15, 0.2) is 6.04 Å². The van der Waals surface area contributed by atoms with Crippen molar-refractivity contribution >= 4 is 23.3 Å². The van der Waals surface area contributed by atoms with Gasteiger partial charge in [0.25, 0.3) is 0 Å². The van der Waals surface area contributed by atoms with E-state index in [-0.39, 0.29) is 12.5 Å². The zero-order valence-corrected chi connectivity index (χ0v) is 11.6. The second kappa shape index (κ2) is 6.39. The van der Waals surface area contributed by atoms with Gasteiger partial charge in [0.2, 0.25) is 0 Å². The first-order valence-electron chi connectivity index (χ1n) is 6.33. The normalized spacial score (nSPS) is 15.2. The molecule has 1 aromatic heterocycles. The van der Waals surface area contributed by atoms with Crippen LogP contribution in [0.3, 0.4) is 0 Å². The maximum Gasteiger partial charge on any atom is 0.331 e. The van der Waals surface area contributed by atoms with E-state index in [0.717, 1.165) is 12.8 Å². The van der Waals surface area contributed by atoms with Crippen molar-refractivity contribution in [3.63, 3.8) is 0 Å². The molecule has 0 saturated heterocycles. The lowest BCUT2D eigenvalue weighted by Crippen LogP contribution is -2.45. The first-order valence-corrected chi connectivity index (χ1v) is 7.21. The van der Waals surface area contributed by atoms with Crippen molar-refractivity contribution < 1.29 is 14.7 Å². The molecule has 0 spiro atoms. The van der Waals surface area contributed by atoms with Gasteiger partial charge < -0.3 is 15.3 Å². The summed E-state index contributed by atoms with van der Waals surface area (Å²) in [5.41, 5.74) is 0. The largest absolute Gasteiger partial charge is 0.479 e. The molecule has 1 atom stereocenters. The Kier molecular flexibility index (Phi) is 4.58. The van der Waals surface area contributed by atoms with E-state index in [1.807, 2.05) is 6.07 Å². The second-order valence-electron chi connectivity index (χ2n) is 4.57. The Labute approximate surface area is 120 Å². The number of carboxylic acids is 1. The standard InChI is InChI=1S/C13H15N3O3S/c14-6-2-7-16(9-4-5-9)13(19)15-11(12(17)18)10-3-1-8-20-10/h1,3,8-9,11H,2,4-5,7H2,(H,15,19)(H,17,18). The van der Waals surface area contributed by atoms with Crippen molar-refractivity contribution in [3.8, 4) is 6.07 Å². The summed E-state index contributed by atoms with van der Waals surface area (Å²) in [5.74, 6) is -1.09. The number of nitrogens with one attached hydrogen (secondary N) is 1. The highest BCUT2D eigenvalue weighted by Crippen LogP contribution is 2.28. The molecule has 2 rings (SSSR count). The van der Waals surface area contributed by atoms with E-state index in [1.54, 1.807) is 22.4 Å². The van der Waals surface area contributed by atoms with E-state index in [2.05, 4.69) is 5.32 Å². The lowest BCUT2D eigenvalue weighted by molar-refractivity contribution is -0.139. The quantitative estimate of drug-likeness (QED) is 0.838. The van der Waals surface area contributed by atoms with Crippen LogP contribution in [0.5, 0.6) is 0 Å². The highest BCUT2D eigenvalue weighted by atomic mass is 32.1. The molecule has 6 nitrogen and oxygen atoms in total. The fraction of sp³-hybridized carbons (Fsp3) is 0.462. The zero-order chi connectivity index (χ0) is 14.5. The van der Waals surface area contributed by atoms with Crippen molar-refractivity contribution in [3.05, 3.63) is 22.4 Å². The van der Waals surface area contributed by atoms with Crippen molar-refractivity contribution in [1.29, 1.82) is 5.26 Å². The molecule has 7 heteroatoms. The van der Waals surface area contributed by atoms with Crippen LogP contribution in [0.25, 0.3) is 0 Å². The van der Waals surface area contributed by atoms with Gasteiger partial charge >= 0.3 is 12.0 Å². The number of aliphatic carboxylic acids is 1. The molecule has 1 heterocycles. The predicted octanol–water partition coefficient (Wildman–Crippen LogP) is 1.96. The summed E-state index contributed by atoms with van der Waals surface area (Å²) in [6.45, 7) is 0.337. The molecule has 2 amide bonds. The van der Waals surface area contributed by atoms with Gasteiger partial charge in [-0.3, -0.25) is 0 Å². The van der Waals surface area contributed by atoms with Gasteiger partial charge in [0.1, 0.15) is 0 Å². The van der Waals surface area contributed by atoms with Gasteiger partial charge in [0, 0.05) is 17.5 Å². The number of hydrogen-bond donors (Lipinski definition) is 2. The molecular formula is C13H15N3O3S. The summed E-state index contributed by atoms with van der Waals surface area (Å²) in [6, 6.07) is 4.12. The zero-order valence-electron chi connectivity index (χ0n) is 10.8. The summed E-state index contributed by atoms with van der Waals surface area (Å²) in [7, 11) is 0. The lowest BCUT2D eigenvalue weighted by Gasteiger charge is -2.23. The van der Waals surface area contributed by atoms with E-state index in [1.165, 1.54) is 11.3 Å². The van der Waals surface area contributed by atoms with Gasteiger partial charge in [-0.2, -0.15) is 5.26 Å². The SMILES string of the molecule is N#CCCN(C(=O)NC(C(=O)O)c1cccs1)C1CC1. The summed E-state index contributed by atoms with van der Waals surface area (Å²) in [6.07, 6.45) is 2.08. The van der Waals surface area contributed by atoms with E-state index in [9.17, 15) is 14.7 Å². The summed E-state index contributed by atoms with van der Waals surface area (Å²) >= 11 is 1.29. The predicted molar refractivity (Wildman–Crippen MR) is 73.2 cm³/mol. The van der Waals surface area contributed by atoms with Gasteiger partial charge in [-0.25, -0.2) is 9.59 Å². The van der Waals surface area contributed by atoms with Crippen LogP contribution in [0.1, 0.15) is 30.2 Å². The Morgan fingerprint density at radius 3 is 2.85 bits per heavy atom. The topological polar surface area (TPSA) is 93.4 Å². The molecule has 1 fully saturated rings. The van der Waals surface area contributed by atoms with Crippen molar-refractivity contribution in [2.45, 2.75) is 31.3 Å². The maximum absolute atomic E-state index is 12.2. The van der Waals surface area contributed by atoms with Crippen molar-refractivity contribution in [1.82, 2.24) is 10.2 Å². The Morgan fingerprint density at radius 2 is 2.35 bits per heavy atom. The number of amides is 2. The van der Waals surface area contributed by atoms with Crippen molar-refractivity contribution in [2.75, 3.05) is 6.54 Å². The summed E-state index contributed by atoms with van der Waals surface area (Å²) in [4.78, 5) is 25.6. The first kappa shape index (κ1) is 14.3. The number of hydrogen-bond acceptors (Lipinski definition) is 4. The third-order valence-corrected chi connectivity index (χ3v) is 3.99. The van der Waals surface area contributed by atoms with E-state index < -0.39 is 18.0 Å². The second-order valence-corrected chi connectivity index (χ2v) is 5.55. The maximum atomic E-state index is 12.2. The number of carbonyl (C=O) groups is 2. The fourth-order valence-corrected chi connectivity index (χ4v) is 2.69. The summed E-state index contributed by atoms with van der Waals surface area (Å²) < 4.78 is 0. The number of nitriles is 1. The lowest BCUT2D eigenvalue weighted by atomic mass is 10.2. The van der Waals surface area contributed by atoms with E-state index in [0.29, 0.717) is 11.4 Å². The van der Waals surface area contributed by atoms with E-state index >= 15 is 0 Å². The number of carbonyl (C=O) groups excluding carboxylic acids is 1. The molecule has 0 aromatic carbocycles. The van der Waals surface area contributed by atoms with E-state index in [4.69, 9.17) is 5.26 Å². The number of carboxylic acid groups (broad SMARTS) is 1. The van der Waals surface area contributed by atoms with Crippen molar-refractivity contribution in [2.24, 2.45) is 0 Å². The van der Waals surface area contributed by atoms with Crippen LogP contribution >= 0.6 is 11.3 Å². The van der Waals surface area contributed by atoms with Gasteiger partial charge in [-0.15, -0.1) is 11.3 Å². The minimum absolute atomic E-state index is 0.140. The smallest absolute Gasteiger partial charge is 0.331 e. The third kappa shape index (κ3) is 3.48. The molecule has 0 aliphatic heterocycles. The van der Waals surface area contributed by atoms with Crippen LogP contribution in [0.4, 0.5) is 4.79 Å². The van der Waals surface area contributed by atoms with Crippen LogP contribution in [-0.2, 0) is 4.79 Å². The number of rotatable bonds is 6. The Hall–Kier alpha value is -2.07. The van der Waals surface area contributed by atoms with Gasteiger partial charge in [0.05, 0.1) is 12.5 Å². The molecule has 0 bridgehead atoms. The van der Waals surface area contributed by atoms with Gasteiger partial charge in [-0.1, -0.05) is 6.07 Å². The molecule has 20 heavy (non-hydrogen) atoms. The van der Waals surface area contributed by atoms with Crippen LogP contribution in [0, 0.1) is 11.3 Å². The molecule has 1 aromatic rings. The highest BCUT2D eigenvalue weighted by molar-refractivity contribution is 7.10. The molecule has 106 valence electrons. The first-order chi connectivity index (χ1) is 9.63. The minimum Gasteiger partial charge on any atom is -0.479 e. The molecule has 2 N–H and O–H groups in total. The van der Waals surface area contributed by atoms with Crippen LogP contribution in [0.15, 0.2) is 17.5 Å². The van der Waals surface area contributed by atoms with Crippen LogP contribution in [-0.4, -0.2) is 34.6 Å². The average Bonchev–Trinajstić information content (AvgIpc) is 3.11. The fourth-order valence-electron chi connectivity index (χ4n) is 1.92.